The van der Waals surface area contributed by atoms with Crippen molar-refractivity contribution in [3.05, 3.63) is 12.2 Å². The smallest absolute Gasteiger partial charge is 0.320 e. The fourth-order valence-corrected chi connectivity index (χ4v) is 4.30. The van der Waals surface area contributed by atoms with Gasteiger partial charge in [0.05, 0.1) is 6.42 Å². The van der Waals surface area contributed by atoms with E-state index in [1.165, 1.54) is 0 Å². The second-order valence-electron chi connectivity index (χ2n) is 4.92. The first kappa shape index (κ1) is 14.9. The molecule has 0 aromatic heterocycles. The number of rotatable bonds is 6. The van der Waals surface area contributed by atoms with Gasteiger partial charge in [-0.1, -0.05) is 20.4 Å². The van der Waals surface area contributed by atoms with E-state index in [0.29, 0.717) is 5.92 Å². The fourth-order valence-electron chi connectivity index (χ4n) is 1.60. The lowest BCUT2D eigenvalue weighted by molar-refractivity contribution is -0.139. The van der Waals surface area contributed by atoms with Crippen molar-refractivity contribution in [2.24, 2.45) is 5.92 Å². The molecule has 5 heteroatoms. The fraction of sp³-hybridized carbons (Fsp3) is 0.636. The highest BCUT2D eigenvalue weighted by atomic mass is 28.4. The van der Waals surface area contributed by atoms with E-state index < -0.39 is 20.3 Å². The molecule has 92 valence electrons. The second-order valence-corrected chi connectivity index (χ2v) is 9.05. The number of hydrogen-bond donors (Lipinski definition) is 1. The Bertz CT molecular complexity index is 294. The molecule has 0 aliphatic heterocycles. The van der Waals surface area contributed by atoms with Gasteiger partial charge in [0, 0.05) is 5.57 Å². The Balaban J connectivity index is 4.32. The van der Waals surface area contributed by atoms with Crippen LogP contribution < -0.4 is 0 Å². The molecule has 0 saturated carbocycles. The van der Waals surface area contributed by atoms with Crippen LogP contribution in [0.2, 0.25) is 19.1 Å². The van der Waals surface area contributed by atoms with Crippen LogP contribution in [0.5, 0.6) is 0 Å². The van der Waals surface area contributed by atoms with Crippen molar-refractivity contribution in [3.8, 4) is 0 Å². The van der Waals surface area contributed by atoms with Gasteiger partial charge in [0.2, 0.25) is 8.32 Å². The standard InChI is InChI=1S/C11H20O4Si/c1-8(2)7-16(4,5)15-11(14)9(3)6-10(12)13/h8H,3,6-7H2,1-2,4-5H3,(H,12,13). The zero-order valence-electron chi connectivity index (χ0n) is 10.4. The molecule has 0 aromatic rings. The van der Waals surface area contributed by atoms with Crippen molar-refractivity contribution < 1.29 is 19.1 Å². The number of hydrogen-bond acceptors (Lipinski definition) is 3. The van der Waals surface area contributed by atoms with Crippen molar-refractivity contribution in [1.29, 1.82) is 0 Å². The third-order valence-corrected chi connectivity index (χ3v) is 4.46. The van der Waals surface area contributed by atoms with Gasteiger partial charge < -0.3 is 9.53 Å². The highest BCUT2D eigenvalue weighted by Gasteiger charge is 2.29. The third kappa shape index (κ3) is 6.39. The number of carbonyl (C=O) groups excluding carboxylic acids is 1. The minimum absolute atomic E-state index is 0.0110. The topological polar surface area (TPSA) is 63.6 Å². The van der Waals surface area contributed by atoms with E-state index >= 15 is 0 Å². The molecular formula is C11H20O4Si. The van der Waals surface area contributed by atoms with E-state index in [-0.39, 0.29) is 12.0 Å². The maximum absolute atomic E-state index is 11.5. The minimum atomic E-state index is -2.05. The van der Waals surface area contributed by atoms with Gasteiger partial charge in [-0.15, -0.1) is 0 Å². The van der Waals surface area contributed by atoms with Crippen LogP contribution in [-0.2, 0) is 14.0 Å². The summed E-state index contributed by atoms with van der Waals surface area (Å²) in [6.45, 7) is 11.4. The van der Waals surface area contributed by atoms with Crippen molar-refractivity contribution in [3.63, 3.8) is 0 Å². The zero-order valence-corrected chi connectivity index (χ0v) is 11.4. The Kier molecular flexibility index (Phi) is 5.44. The summed E-state index contributed by atoms with van der Waals surface area (Å²) in [5, 5.41) is 8.52. The molecule has 0 saturated heterocycles. The van der Waals surface area contributed by atoms with Crippen molar-refractivity contribution >= 4 is 20.3 Å². The average Bonchev–Trinajstić information content (AvgIpc) is 1.98. The summed E-state index contributed by atoms with van der Waals surface area (Å²) in [7, 11) is -2.05. The van der Waals surface area contributed by atoms with Crippen LogP contribution >= 0.6 is 0 Å². The highest BCUT2D eigenvalue weighted by molar-refractivity contribution is 6.72. The van der Waals surface area contributed by atoms with Crippen LogP contribution in [0, 0.1) is 5.92 Å². The summed E-state index contributed by atoms with van der Waals surface area (Å²) in [4.78, 5) is 21.9. The number of carboxylic acid groups (broad SMARTS) is 1. The van der Waals surface area contributed by atoms with Gasteiger partial charge in [0.15, 0.2) is 0 Å². The molecule has 0 unspecified atom stereocenters. The second kappa shape index (κ2) is 5.84. The Labute approximate surface area is 97.4 Å². The molecule has 0 aliphatic rings. The largest absolute Gasteiger partial charge is 0.516 e. The van der Waals surface area contributed by atoms with E-state index in [0.717, 1.165) is 6.04 Å². The lowest BCUT2D eigenvalue weighted by Gasteiger charge is -2.24. The van der Waals surface area contributed by atoms with Crippen molar-refractivity contribution in [2.75, 3.05) is 0 Å². The lowest BCUT2D eigenvalue weighted by atomic mass is 10.2. The maximum atomic E-state index is 11.5. The molecule has 0 atom stereocenters. The predicted octanol–water partition coefficient (Wildman–Crippen LogP) is 2.42. The monoisotopic (exact) mass is 244 g/mol. The third-order valence-electron chi connectivity index (χ3n) is 1.92. The van der Waals surface area contributed by atoms with Crippen LogP contribution in [-0.4, -0.2) is 25.4 Å². The van der Waals surface area contributed by atoms with Gasteiger partial charge >= 0.3 is 11.9 Å². The molecule has 0 aliphatic carbocycles. The molecule has 0 aromatic carbocycles. The molecule has 0 fully saturated rings. The van der Waals surface area contributed by atoms with Crippen LogP contribution in [0.25, 0.3) is 0 Å². The van der Waals surface area contributed by atoms with Crippen LogP contribution in [0.1, 0.15) is 20.3 Å². The minimum Gasteiger partial charge on any atom is -0.516 e. The first-order chi connectivity index (χ1) is 7.14. The van der Waals surface area contributed by atoms with E-state index in [1.807, 2.05) is 13.1 Å². The summed E-state index contributed by atoms with van der Waals surface area (Å²) in [5.74, 6) is -1.17. The molecule has 0 bridgehead atoms. The molecule has 0 spiro atoms. The first-order valence-corrected chi connectivity index (χ1v) is 8.38. The van der Waals surface area contributed by atoms with E-state index in [2.05, 4.69) is 20.4 Å². The van der Waals surface area contributed by atoms with Gasteiger partial charge in [-0.3, -0.25) is 4.79 Å². The highest BCUT2D eigenvalue weighted by Crippen LogP contribution is 2.19. The molecule has 0 amide bonds. The van der Waals surface area contributed by atoms with Gasteiger partial charge in [-0.2, -0.15) is 0 Å². The molecule has 0 heterocycles. The Hall–Kier alpha value is -1.10. The molecule has 16 heavy (non-hydrogen) atoms. The Morgan fingerprint density at radius 2 is 1.88 bits per heavy atom. The first-order valence-electron chi connectivity index (χ1n) is 5.27. The van der Waals surface area contributed by atoms with Crippen LogP contribution in [0.15, 0.2) is 12.2 Å². The van der Waals surface area contributed by atoms with E-state index in [9.17, 15) is 9.59 Å². The number of aliphatic carboxylic acids is 1. The van der Waals surface area contributed by atoms with E-state index in [1.54, 1.807) is 0 Å². The summed E-state index contributed by atoms with van der Waals surface area (Å²) in [6, 6.07) is 0.860. The number of carboxylic acids is 1. The summed E-state index contributed by atoms with van der Waals surface area (Å²) >= 11 is 0. The van der Waals surface area contributed by atoms with Crippen LogP contribution in [0.3, 0.4) is 0 Å². The summed E-state index contributed by atoms with van der Waals surface area (Å²) in [5.41, 5.74) is 0.0110. The quantitative estimate of drug-likeness (QED) is 0.575. The molecule has 1 N–H and O–H groups in total. The lowest BCUT2D eigenvalue weighted by Crippen LogP contribution is -2.35. The summed E-state index contributed by atoms with van der Waals surface area (Å²) in [6.07, 6.45) is -0.356. The van der Waals surface area contributed by atoms with Crippen LogP contribution in [0.4, 0.5) is 0 Å². The Morgan fingerprint density at radius 3 is 2.25 bits per heavy atom. The van der Waals surface area contributed by atoms with Crippen molar-refractivity contribution in [2.45, 2.75) is 39.4 Å². The van der Waals surface area contributed by atoms with Gasteiger partial charge in [0.25, 0.3) is 0 Å². The Morgan fingerprint density at radius 1 is 1.38 bits per heavy atom. The van der Waals surface area contributed by atoms with E-state index in [4.69, 9.17) is 9.53 Å². The maximum Gasteiger partial charge on any atom is 0.320 e. The van der Waals surface area contributed by atoms with Gasteiger partial charge in [-0.05, 0) is 25.1 Å². The molecule has 0 rings (SSSR count). The number of carbonyl (C=O) groups is 2. The zero-order chi connectivity index (χ0) is 12.9. The average molecular weight is 244 g/mol. The SMILES string of the molecule is C=C(CC(=O)O)C(=O)O[Si](C)(C)CC(C)C. The van der Waals surface area contributed by atoms with Crippen molar-refractivity contribution in [1.82, 2.24) is 0 Å². The molecular weight excluding hydrogens is 224 g/mol. The normalized spacial score (nSPS) is 11.3. The molecule has 0 radical (unpaired) electrons. The van der Waals surface area contributed by atoms with Gasteiger partial charge in [-0.25, -0.2) is 4.79 Å². The summed E-state index contributed by atoms with van der Waals surface area (Å²) < 4.78 is 5.35. The van der Waals surface area contributed by atoms with Gasteiger partial charge in [0.1, 0.15) is 0 Å². The predicted molar refractivity (Wildman–Crippen MR) is 64.6 cm³/mol. The molecule has 4 nitrogen and oxygen atoms in total.